The van der Waals surface area contributed by atoms with Crippen molar-refractivity contribution in [1.29, 1.82) is 0 Å². The summed E-state index contributed by atoms with van der Waals surface area (Å²) in [5, 5.41) is 10.5. The van der Waals surface area contributed by atoms with Crippen molar-refractivity contribution in [2.75, 3.05) is 0 Å². The molecular formula is C10H7N3O4. The lowest BCUT2D eigenvalue weighted by Crippen LogP contribution is -2.09. The zero-order valence-electron chi connectivity index (χ0n) is 8.49. The minimum absolute atomic E-state index is 0.0843. The molecule has 1 heterocycles. The van der Waals surface area contributed by atoms with Crippen LogP contribution in [0.15, 0.2) is 41.3 Å². The van der Waals surface area contributed by atoms with Crippen LogP contribution in [0.4, 0.5) is 5.69 Å². The van der Waals surface area contributed by atoms with Crippen molar-refractivity contribution in [2.45, 2.75) is 0 Å². The van der Waals surface area contributed by atoms with E-state index in [9.17, 15) is 14.9 Å². The summed E-state index contributed by atoms with van der Waals surface area (Å²) in [5.41, 5.74) is -0.633. The highest BCUT2D eigenvalue weighted by molar-refractivity contribution is 5.39. The van der Waals surface area contributed by atoms with Crippen molar-refractivity contribution in [3.8, 4) is 11.6 Å². The van der Waals surface area contributed by atoms with Crippen LogP contribution >= 0.6 is 0 Å². The highest BCUT2D eigenvalue weighted by Crippen LogP contribution is 2.22. The van der Waals surface area contributed by atoms with Gasteiger partial charge in [-0.2, -0.15) is 0 Å². The number of nitrogens with one attached hydrogen (secondary N) is 1. The number of hydrogen-bond donors (Lipinski definition) is 1. The second-order valence-corrected chi connectivity index (χ2v) is 3.10. The maximum absolute atomic E-state index is 10.9. The van der Waals surface area contributed by atoms with E-state index in [1.165, 1.54) is 30.5 Å². The van der Waals surface area contributed by atoms with Gasteiger partial charge in [-0.05, 0) is 6.07 Å². The summed E-state index contributed by atoms with van der Waals surface area (Å²) in [6.07, 6.45) is 1.28. The maximum Gasteiger partial charge on any atom is 0.347 e. The molecule has 0 fully saturated rings. The van der Waals surface area contributed by atoms with Crippen LogP contribution < -0.4 is 10.4 Å². The van der Waals surface area contributed by atoms with Crippen molar-refractivity contribution in [2.24, 2.45) is 0 Å². The molecule has 0 bridgehead atoms. The first-order valence-corrected chi connectivity index (χ1v) is 4.63. The van der Waals surface area contributed by atoms with Crippen molar-refractivity contribution in [3.63, 3.8) is 0 Å². The fourth-order valence-corrected chi connectivity index (χ4v) is 1.20. The third kappa shape index (κ3) is 2.65. The minimum Gasteiger partial charge on any atom is -0.441 e. The smallest absolute Gasteiger partial charge is 0.347 e. The van der Waals surface area contributed by atoms with E-state index < -0.39 is 10.6 Å². The molecule has 0 unspecified atom stereocenters. The Morgan fingerprint density at radius 3 is 2.88 bits per heavy atom. The third-order valence-corrected chi connectivity index (χ3v) is 1.90. The fraction of sp³-hybridized carbons (Fsp3) is 0. The van der Waals surface area contributed by atoms with E-state index in [4.69, 9.17) is 4.74 Å². The second kappa shape index (κ2) is 4.44. The van der Waals surface area contributed by atoms with Gasteiger partial charge in [0.1, 0.15) is 5.75 Å². The van der Waals surface area contributed by atoms with Gasteiger partial charge in [0.05, 0.1) is 11.0 Å². The summed E-state index contributed by atoms with van der Waals surface area (Å²) in [6.45, 7) is 0. The Bertz CT molecular complexity index is 608. The molecule has 7 nitrogen and oxygen atoms in total. The summed E-state index contributed by atoms with van der Waals surface area (Å²) in [4.78, 5) is 26.7. The molecule has 0 spiro atoms. The van der Waals surface area contributed by atoms with E-state index in [0.29, 0.717) is 0 Å². The van der Waals surface area contributed by atoms with E-state index in [2.05, 4.69) is 9.97 Å². The van der Waals surface area contributed by atoms with Crippen LogP contribution in [-0.2, 0) is 0 Å². The average Bonchev–Trinajstić information content (AvgIpc) is 2.29. The second-order valence-electron chi connectivity index (χ2n) is 3.10. The highest BCUT2D eigenvalue weighted by Gasteiger charge is 2.07. The van der Waals surface area contributed by atoms with E-state index in [-0.39, 0.29) is 17.3 Å². The number of aromatic amines is 1. The molecule has 0 atom stereocenters. The van der Waals surface area contributed by atoms with Gasteiger partial charge in [-0.25, -0.2) is 9.78 Å². The zero-order chi connectivity index (χ0) is 12.3. The molecule has 1 aromatic heterocycles. The maximum atomic E-state index is 10.9. The predicted octanol–water partition coefficient (Wildman–Crippen LogP) is 1.47. The summed E-state index contributed by atoms with van der Waals surface area (Å²) >= 11 is 0. The molecule has 0 saturated carbocycles. The molecule has 1 aromatic carbocycles. The largest absolute Gasteiger partial charge is 0.441 e. The lowest BCUT2D eigenvalue weighted by molar-refractivity contribution is -0.384. The number of non-ortho nitro benzene ring substituents is 1. The summed E-state index contributed by atoms with van der Waals surface area (Å²) in [6, 6.07) is 7.10. The van der Waals surface area contributed by atoms with Gasteiger partial charge in [0.2, 0.25) is 5.88 Å². The zero-order valence-corrected chi connectivity index (χ0v) is 8.49. The van der Waals surface area contributed by atoms with E-state index in [1.54, 1.807) is 6.07 Å². The first-order valence-electron chi connectivity index (χ1n) is 4.63. The summed E-state index contributed by atoms with van der Waals surface area (Å²) in [7, 11) is 0. The first-order chi connectivity index (χ1) is 8.15. The van der Waals surface area contributed by atoms with Crippen molar-refractivity contribution >= 4 is 5.69 Å². The average molecular weight is 233 g/mol. The third-order valence-electron chi connectivity index (χ3n) is 1.90. The van der Waals surface area contributed by atoms with Crippen molar-refractivity contribution in [3.05, 3.63) is 57.1 Å². The molecule has 86 valence electrons. The van der Waals surface area contributed by atoms with Crippen LogP contribution in [0.25, 0.3) is 0 Å². The summed E-state index contributed by atoms with van der Waals surface area (Å²) in [5.74, 6) is 0.437. The van der Waals surface area contributed by atoms with Crippen LogP contribution in [0, 0.1) is 10.1 Å². The van der Waals surface area contributed by atoms with E-state index >= 15 is 0 Å². The molecule has 1 N–H and O–H groups in total. The van der Waals surface area contributed by atoms with Gasteiger partial charge in [-0.3, -0.25) is 15.1 Å². The van der Waals surface area contributed by atoms with Gasteiger partial charge in [0, 0.05) is 18.3 Å². The molecule has 0 radical (unpaired) electrons. The Kier molecular flexibility index (Phi) is 2.82. The van der Waals surface area contributed by atoms with Crippen LogP contribution in [-0.4, -0.2) is 14.9 Å². The molecule has 0 aliphatic heterocycles. The first kappa shape index (κ1) is 10.8. The molecule has 7 heteroatoms. The van der Waals surface area contributed by atoms with Crippen LogP contribution in [0.1, 0.15) is 0 Å². The minimum atomic E-state index is -0.548. The number of ether oxygens (including phenoxy) is 1. The number of nitro benzene ring substituents is 1. The molecule has 0 amide bonds. The van der Waals surface area contributed by atoms with Crippen LogP contribution in [0.3, 0.4) is 0 Å². The molecular weight excluding hydrogens is 226 g/mol. The Balaban J connectivity index is 2.27. The van der Waals surface area contributed by atoms with Gasteiger partial charge in [-0.1, -0.05) is 6.07 Å². The lowest BCUT2D eigenvalue weighted by Gasteiger charge is -2.03. The Morgan fingerprint density at radius 1 is 1.35 bits per heavy atom. The Hall–Kier alpha value is -2.70. The summed E-state index contributed by atoms with van der Waals surface area (Å²) < 4.78 is 5.25. The number of benzene rings is 1. The Labute approximate surface area is 94.9 Å². The molecule has 2 aromatic rings. The molecule has 17 heavy (non-hydrogen) atoms. The normalized spacial score (nSPS) is 9.88. The lowest BCUT2D eigenvalue weighted by atomic mass is 10.3. The van der Waals surface area contributed by atoms with Crippen molar-refractivity contribution < 1.29 is 9.66 Å². The number of H-pyrrole nitrogens is 1. The van der Waals surface area contributed by atoms with Gasteiger partial charge >= 0.3 is 5.69 Å². The number of hydrogen-bond acceptors (Lipinski definition) is 5. The van der Waals surface area contributed by atoms with E-state index in [0.717, 1.165) is 0 Å². The molecule has 0 saturated heterocycles. The van der Waals surface area contributed by atoms with Crippen LogP contribution in [0.2, 0.25) is 0 Å². The van der Waals surface area contributed by atoms with Gasteiger partial charge < -0.3 is 4.74 Å². The van der Waals surface area contributed by atoms with Gasteiger partial charge in [-0.15, -0.1) is 0 Å². The number of rotatable bonds is 3. The fourth-order valence-electron chi connectivity index (χ4n) is 1.20. The standard InChI is InChI=1S/C10H7N3O4/c14-10-11-5-4-9(12-10)17-8-3-1-2-7(6-8)13(15)16/h1-6H,(H,11,12,14). The van der Waals surface area contributed by atoms with Gasteiger partial charge in [0.15, 0.2) is 0 Å². The molecule has 0 aliphatic carbocycles. The van der Waals surface area contributed by atoms with Crippen molar-refractivity contribution in [1.82, 2.24) is 9.97 Å². The van der Waals surface area contributed by atoms with Crippen LogP contribution in [0.5, 0.6) is 11.6 Å². The topological polar surface area (TPSA) is 98.1 Å². The number of nitro groups is 1. The van der Waals surface area contributed by atoms with E-state index in [1.807, 2.05) is 0 Å². The SMILES string of the molecule is O=c1nccc(Oc2cccc([N+](=O)[O-])c2)[nH]1. The monoisotopic (exact) mass is 233 g/mol. The quantitative estimate of drug-likeness (QED) is 0.639. The Morgan fingerprint density at radius 2 is 2.18 bits per heavy atom. The molecule has 2 rings (SSSR count). The molecule has 0 aliphatic rings. The number of aromatic nitrogens is 2. The number of nitrogens with zero attached hydrogens (tertiary/aromatic N) is 2. The predicted molar refractivity (Wildman–Crippen MR) is 58.0 cm³/mol. The highest BCUT2D eigenvalue weighted by atomic mass is 16.6. The van der Waals surface area contributed by atoms with Gasteiger partial charge in [0.25, 0.3) is 5.69 Å².